The molecule has 1 spiro atoms. The molecule has 1 aliphatic carbocycles. The predicted octanol–water partition coefficient (Wildman–Crippen LogP) is 12.6. The zero-order valence-corrected chi connectivity index (χ0v) is 28.5. The van der Waals surface area contributed by atoms with Crippen LogP contribution in [-0.4, -0.2) is 9.55 Å². The average molecular weight is 661 g/mol. The molecule has 2 heterocycles. The Morgan fingerprint density at radius 1 is 0.481 bits per heavy atom. The first-order valence-electron chi connectivity index (χ1n) is 17.9. The molecule has 0 fully saturated rings. The lowest BCUT2D eigenvalue weighted by Gasteiger charge is -2.28. The standard InChI is InChI=1S/C50H32N2/c1-3-34-41-21-9-10-23-44(41)50(43(34)4-2)45-24-11-12-26-47(45)52-48-35(22-14-25-46(48)51-49(50)52)33-16-13-15-31(29-33)32-27-28-40-38-19-6-5-17-36(38)37-18-7-8-20-39(37)42(40)30-32/h3-30H,1-2H2. The fraction of sp³-hybridized carbons (Fsp3) is 0.0200. The van der Waals surface area contributed by atoms with Gasteiger partial charge in [0.2, 0.25) is 0 Å². The van der Waals surface area contributed by atoms with Crippen LogP contribution in [0.1, 0.15) is 22.5 Å². The van der Waals surface area contributed by atoms with Crippen molar-refractivity contribution in [2.45, 2.75) is 5.41 Å². The van der Waals surface area contributed by atoms with Gasteiger partial charge >= 0.3 is 0 Å². The van der Waals surface area contributed by atoms with Crippen LogP contribution < -0.4 is 0 Å². The molecule has 11 rings (SSSR count). The molecule has 2 nitrogen and oxygen atoms in total. The van der Waals surface area contributed by atoms with Gasteiger partial charge in [-0.25, -0.2) is 4.98 Å². The van der Waals surface area contributed by atoms with Crippen LogP contribution >= 0.6 is 0 Å². The highest BCUT2D eigenvalue weighted by Crippen LogP contribution is 2.60. The summed E-state index contributed by atoms with van der Waals surface area (Å²) in [4.78, 5) is 5.51. The summed E-state index contributed by atoms with van der Waals surface area (Å²) < 4.78 is 2.41. The smallest absolute Gasteiger partial charge is 0.134 e. The minimum Gasteiger partial charge on any atom is -0.294 e. The number of hydrogen-bond acceptors (Lipinski definition) is 1. The largest absolute Gasteiger partial charge is 0.294 e. The van der Waals surface area contributed by atoms with Crippen LogP contribution in [0.2, 0.25) is 0 Å². The van der Waals surface area contributed by atoms with Crippen molar-refractivity contribution in [1.82, 2.24) is 9.55 Å². The maximum absolute atomic E-state index is 5.51. The first kappa shape index (κ1) is 29.0. The fourth-order valence-corrected chi connectivity index (χ4v) is 9.46. The Morgan fingerprint density at radius 3 is 1.83 bits per heavy atom. The van der Waals surface area contributed by atoms with Crippen molar-refractivity contribution in [2.75, 3.05) is 0 Å². The summed E-state index contributed by atoms with van der Waals surface area (Å²) in [5, 5.41) is 7.70. The average Bonchev–Trinajstić information content (AvgIpc) is 3.84. The lowest BCUT2D eigenvalue weighted by molar-refractivity contribution is 0.732. The lowest BCUT2D eigenvalue weighted by atomic mass is 9.72. The number of aromatic nitrogens is 2. The van der Waals surface area contributed by atoms with Crippen LogP contribution in [-0.2, 0) is 5.41 Å². The fourth-order valence-electron chi connectivity index (χ4n) is 9.46. The molecule has 1 aliphatic heterocycles. The minimum atomic E-state index is -0.589. The van der Waals surface area contributed by atoms with Gasteiger partial charge in [-0.15, -0.1) is 0 Å². The van der Waals surface area contributed by atoms with Gasteiger partial charge in [0.15, 0.2) is 0 Å². The summed E-state index contributed by atoms with van der Waals surface area (Å²) in [6.45, 7) is 8.60. The van der Waals surface area contributed by atoms with Gasteiger partial charge in [-0.05, 0) is 101 Å². The lowest BCUT2D eigenvalue weighted by Crippen LogP contribution is -2.27. The maximum atomic E-state index is 5.51. The van der Waals surface area contributed by atoms with Gasteiger partial charge in [0.25, 0.3) is 0 Å². The highest BCUT2D eigenvalue weighted by molar-refractivity contribution is 6.25. The summed E-state index contributed by atoms with van der Waals surface area (Å²) in [6.07, 6.45) is 4.00. The molecule has 0 radical (unpaired) electrons. The van der Waals surface area contributed by atoms with E-state index in [-0.39, 0.29) is 0 Å². The number of para-hydroxylation sites is 2. The Labute approximate surface area is 301 Å². The summed E-state index contributed by atoms with van der Waals surface area (Å²) in [6, 6.07) is 57.5. The van der Waals surface area contributed by atoms with Gasteiger partial charge in [-0.2, -0.15) is 0 Å². The van der Waals surface area contributed by atoms with Gasteiger partial charge in [-0.3, -0.25) is 4.57 Å². The van der Waals surface area contributed by atoms with E-state index in [0.29, 0.717) is 0 Å². The highest BCUT2D eigenvalue weighted by Gasteiger charge is 2.54. The van der Waals surface area contributed by atoms with E-state index in [1.165, 1.54) is 60.1 Å². The molecule has 2 aliphatic rings. The minimum absolute atomic E-state index is 0.589. The van der Waals surface area contributed by atoms with Gasteiger partial charge < -0.3 is 0 Å². The van der Waals surface area contributed by atoms with Crippen LogP contribution in [0.5, 0.6) is 0 Å². The Morgan fingerprint density at radius 2 is 1.08 bits per heavy atom. The zero-order chi connectivity index (χ0) is 34.6. The number of allylic oxidation sites excluding steroid dienone is 4. The molecular formula is C50H32N2. The second-order valence-electron chi connectivity index (χ2n) is 13.9. The van der Waals surface area contributed by atoms with E-state index < -0.39 is 5.41 Å². The third-order valence-electron chi connectivity index (χ3n) is 11.5. The van der Waals surface area contributed by atoms with Crippen LogP contribution in [0.25, 0.3) is 76.9 Å². The van der Waals surface area contributed by atoms with Crippen molar-refractivity contribution in [3.63, 3.8) is 0 Å². The highest BCUT2D eigenvalue weighted by atomic mass is 15.1. The van der Waals surface area contributed by atoms with Crippen LogP contribution in [0.3, 0.4) is 0 Å². The number of benzene rings is 8. The zero-order valence-electron chi connectivity index (χ0n) is 28.5. The van der Waals surface area contributed by atoms with Crippen molar-refractivity contribution >= 4 is 48.9 Å². The molecule has 8 aromatic carbocycles. The Balaban J connectivity index is 1.14. The molecule has 9 aromatic rings. The topological polar surface area (TPSA) is 17.8 Å². The summed E-state index contributed by atoms with van der Waals surface area (Å²) in [5.41, 5.74) is 13.2. The second kappa shape index (κ2) is 10.6. The molecule has 0 saturated heterocycles. The molecule has 0 N–H and O–H groups in total. The van der Waals surface area contributed by atoms with Crippen molar-refractivity contribution < 1.29 is 0 Å². The summed E-state index contributed by atoms with van der Waals surface area (Å²) >= 11 is 0. The van der Waals surface area contributed by atoms with Crippen LogP contribution in [0.4, 0.5) is 0 Å². The number of imidazole rings is 1. The van der Waals surface area contributed by atoms with E-state index in [9.17, 15) is 0 Å². The molecule has 52 heavy (non-hydrogen) atoms. The third-order valence-corrected chi connectivity index (χ3v) is 11.5. The number of hydrogen-bond donors (Lipinski definition) is 0. The molecule has 0 saturated carbocycles. The molecular weight excluding hydrogens is 629 g/mol. The Kier molecular flexibility index (Phi) is 5.92. The predicted molar refractivity (Wildman–Crippen MR) is 218 cm³/mol. The Hall–Kier alpha value is -6.77. The Bertz CT molecular complexity index is 3030. The SMILES string of the molecule is C=CC1=C(C=C)C2(c3ccccc31)c1ccccc1-n1c2nc2cccc(-c3cccc(-c4ccc5c6ccccc6c6ccccc6c5c4)c3)c21. The van der Waals surface area contributed by atoms with E-state index in [0.717, 1.165) is 44.8 Å². The van der Waals surface area contributed by atoms with Crippen LogP contribution in [0.15, 0.2) is 189 Å². The van der Waals surface area contributed by atoms with Crippen molar-refractivity contribution in [1.29, 1.82) is 0 Å². The number of fused-ring (bicyclic) bond motifs is 15. The van der Waals surface area contributed by atoms with E-state index in [4.69, 9.17) is 4.98 Å². The quantitative estimate of drug-likeness (QED) is 0.172. The van der Waals surface area contributed by atoms with Crippen molar-refractivity contribution in [3.05, 3.63) is 211 Å². The monoisotopic (exact) mass is 660 g/mol. The molecule has 1 unspecified atom stereocenters. The molecule has 242 valence electrons. The van der Waals surface area contributed by atoms with E-state index in [1.54, 1.807) is 0 Å². The first-order valence-corrected chi connectivity index (χ1v) is 17.9. The summed E-state index contributed by atoms with van der Waals surface area (Å²) in [5.74, 6) is 1.00. The van der Waals surface area contributed by atoms with Crippen molar-refractivity contribution in [2.24, 2.45) is 0 Å². The molecule has 1 atom stereocenters. The normalized spacial score (nSPS) is 15.8. The molecule has 2 heteroatoms. The number of nitrogens with zero attached hydrogens (tertiary/aromatic N) is 2. The summed E-state index contributed by atoms with van der Waals surface area (Å²) in [7, 11) is 0. The molecule has 0 amide bonds. The van der Waals surface area contributed by atoms with Gasteiger partial charge in [-0.1, -0.05) is 159 Å². The number of rotatable bonds is 4. The van der Waals surface area contributed by atoms with E-state index >= 15 is 0 Å². The van der Waals surface area contributed by atoms with Crippen molar-refractivity contribution in [3.8, 4) is 27.9 Å². The van der Waals surface area contributed by atoms with E-state index in [2.05, 4.69) is 175 Å². The first-order chi connectivity index (χ1) is 25.7. The maximum Gasteiger partial charge on any atom is 0.134 e. The van der Waals surface area contributed by atoms with Crippen LogP contribution in [0, 0.1) is 0 Å². The van der Waals surface area contributed by atoms with Gasteiger partial charge in [0, 0.05) is 5.56 Å². The second-order valence-corrected chi connectivity index (χ2v) is 13.9. The van der Waals surface area contributed by atoms with Gasteiger partial charge in [0.1, 0.15) is 11.2 Å². The third kappa shape index (κ3) is 3.61. The molecule has 0 bridgehead atoms. The van der Waals surface area contributed by atoms with E-state index in [1.807, 2.05) is 12.2 Å². The molecule has 1 aromatic heterocycles. The van der Waals surface area contributed by atoms with Gasteiger partial charge in [0.05, 0.1) is 16.7 Å².